The third-order valence-electron chi connectivity index (χ3n) is 3.56. The van der Waals surface area contributed by atoms with Crippen molar-refractivity contribution in [2.24, 2.45) is 0 Å². The van der Waals surface area contributed by atoms with Gasteiger partial charge in [0.05, 0.1) is 12.6 Å². The number of fused-ring (bicyclic) bond motifs is 1. The van der Waals surface area contributed by atoms with E-state index in [1.807, 2.05) is 24.3 Å². The molecule has 0 radical (unpaired) electrons. The summed E-state index contributed by atoms with van der Waals surface area (Å²) < 4.78 is 7.10. The molecule has 3 rings (SSSR count). The van der Waals surface area contributed by atoms with E-state index in [0.29, 0.717) is 6.61 Å². The van der Waals surface area contributed by atoms with Gasteiger partial charge in [-0.2, -0.15) is 0 Å². The number of hydrogen-bond acceptors (Lipinski definition) is 3. The van der Waals surface area contributed by atoms with Gasteiger partial charge >= 0.3 is 0 Å². The molecule has 0 aliphatic carbocycles. The summed E-state index contributed by atoms with van der Waals surface area (Å²) in [5.41, 5.74) is 0.799. The number of ether oxygens (including phenoxy) is 1. The van der Waals surface area contributed by atoms with Crippen molar-refractivity contribution in [3.05, 3.63) is 63.5 Å². The maximum atomic E-state index is 12.2. The highest BCUT2D eigenvalue weighted by Crippen LogP contribution is 2.31. The van der Waals surface area contributed by atoms with Gasteiger partial charge < -0.3 is 14.6 Å². The van der Waals surface area contributed by atoms with Gasteiger partial charge in [0.25, 0.3) is 0 Å². The van der Waals surface area contributed by atoms with E-state index < -0.39 is 0 Å². The van der Waals surface area contributed by atoms with Crippen LogP contribution in [0.4, 0.5) is 0 Å². The highest BCUT2D eigenvalue weighted by Gasteiger charge is 2.22. The molecule has 1 aliphatic heterocycles. The molecule has 6 heteroatoms. The fraction of sp³-hybridized carbons (Fsp3) is 0.250. The SMILES string of the molecule is O=C(Cn1ccc(=O)cc1Cl)N[C@H]1CCOc2ccccc21. The Hall–Kier alpha value is -2.27. The molecule has 114 valence electrons. The second kappa shape index (κ2) is 6.23. The molecule has 0 fully saturated rings. The number of pyridine rings is 1. The van der Waals surface area contributed by atoms with Crippen LogP contribution in [0.15, 0.2) is 47.4 Å². The van der Waals surface area contributed by atoms with Crippen LogP contribution in [0.5, 0.6) is 5.75 Å². The number of nitrogens with one attached hydrogen (secondary N) is 1. The van der Waals surface area contributed by atoms with Gasteiger partial charge in [-0.3, -0.25) is 9.59 Å². The lowest BCUT2D eigenvalue weighted by Gasteiger charge is -2.26. The summed E-state index contributed by atoms with van der Waals surface area (Å²) in [6.45, 7) is 0.638. The van der Waals surface area contributed by atoms with Crippen molar-refractivity contribution >= 4 is 17.5 Å². The number of benzene rings is 1. The smallest absolute Gasteiger partial charge is 0.240 e. The molecule has 5 nitrogen and oxygen atoms in total. The van der Waals surface area contributed by atoms with Crippen molar-refractivity contribution in [3.63, 3.8) is 0 Å². The second-order valence-corrected chi connectivity index (χ2v) is 5.50. The molecule has 1 atom stereocenters. The number of rotatable bonds is 3. The van der Waals surface area contributed by atoms with Crippen molar-refractivity contribution in [2.75, 3.05) is 6.61 Å². The highest BCUT2D eigenvalue weighted by molar-refractivity contribution is 6.29. The van der Waals surface area contributed by atoms with E-state index in [2.05, 4.69) is 5.32 Å². The van der Waals surface area contributed by atoms with Crippen molar-refractivity contribution in [2.45, 2.75) is 19.0 Å². The van der Waals surface area contributed by atoms with Gasteiger partial charge in [-0.15, -0.1) is 0 Å². The molecule has 0 saturated heterocycles. The lowest BCUT2D eigenvalue weighted by atomic mass is 10.0. The third-order valence-corrected chi connectivity index (χ3v) is 3.89. The van der Waals surface area contributed by atoms with Crippen LogP contribution < -0.4 is 15.5 Å². The van der Waals surface area contributed by atoms with Crippen molar-refractivity contribution < 1.29 is 9.53 Å². The number of nitrogens with zero attached hydrogens (tertiary/aromatic N) is 1. The Morgan fingerprint density at radius 1 is 1.36 bits per heavy atom. The van der Waals surface area contributed by atoms with E-state index in [0.717, 1.165) is 17.7 Å². The zero-order valence-electron chi connectivity index (χ0n) is 11.8. The summed E-state index contributed by atoms with van der Waals surface area (Å²) in [5.74, 6) is 0.646. The normalized spacial score (nSPS) is 16.5. The van der Waals surface area contributed by atoms with Gasteiger partial charge in [-0.25, -0.2) is 0 Å². The highest BCUT2D eigenvalue weighted by atomic mass is 35.5. The molecule has 2 heterocycles. The number of amides is 1. The number of carbonyl (C=O) groups is 1. The predicted molar refractivity (Wildman–Crippen MR) is 83.1 cm³/mol. The topological polar surface area (TPSA) is 60.3 Å². The number of para-hydroxylation sites is 1. The van der Waals surface area contributed by atoms with Gasteiger partial charge in [0.15, 0.2) is 5.43 Å². The van der Waals surface area contributed by atoms with Crippen molar-refractivity contribution in [3.8, 4) is 5.75 Å². The molecule has 1 aromatic heterocycles. The predicted octanol–water partition coefficient (Wildman–Crippen LogP) is 2.14. The van der Waals surface area contributed by atoms with Crippen LogP contribution in [0.25, 0.3) is 0 Å². The lowest BCUT2D eigenvalue weighted by Crippen LogP contribution is -2.34. The van der Waals surface area contributed by atoms with Crippen LogP contribution in [-0.2, 0) is 11.3 Å². The summed E-state index contributed by atoms with van der Waals surface area (Å²) in [6, 6.07) is 10.3. The fourth-order valence-electron chi connectivity index (χ4n) is 2.50. The first kappa shape index (κ1) is 14.7. The van der Waals surface area contributed by atoms with Crippen LogP contribution in [0.3, 0.4) is 0 Å². The first-order valence-electron chi connectivity index (χ1n) is 7.00. The molecule has 1 aromatic carbocycles. The monoisotopic (exact) mass is 318 g/mol. The maximum Gasteiger partial charge on any atom is 0.240 e. The van der Waals surface area contributed by atoms with E-state index in [1.54, 1.807) is 0 Å². The molecule has 0 spiro atoms. The van der Waals surface area contributed by atoms with Crippen molar-refractivity contribution in [1.82, 2.24) is 9.88 Å². The van der Waals surface area contributed by atoms with Crippen LogP contribution >= 0.6 is 11.6 Å². The van der Waals surface area contributed by atoms with Gasteiger partial charge in [0, 0.05) is 30.3 Å². The molecule has 1 amide bonds. The van der Waals surface area contributed by atoms with E-state index in [4.69, 9.17) is 16.3 Å². The average Bonchev–Trinajstić information content (AvgIpc) is 2.50. The lowest BCUT2D eigenvalue weighted by molar-refractivity contribution is -0.122. The Balaban J connectivity index is 1.71. The largest absolute Gasteiger partial charge is 0.493 e. The Morgan fingerprint density at radius 3 is 3.00 bits per heavy atom. The molecule has 0 saturated carbocycles. The van der Waals surface area contributed by atoms with E-state index in [1.165, 1.54) is 22.9 Å². The molecular weight excluding hydrogens is 304 g/mol. The summed E-state index contributed by atoms with van der Waals surface area (Å²) in [7, 11) is 0. The van der Waals surface area contributed by atoms with E-state index >= 15 is 0 Å². The van der Waals surface area contributed by atoms with Gasteiger partial charge in [-0.05, 0) is 6.07 Å². The Labute approximate surface area is 132 Å². The average molecular weight is 319 g/mol. The molecule has 0 bridgehead atoms. The molecule has 0 unspecified atom stereocenters. The summed E-state index contributed by atoms with van der Waals surface area (Å²) in [6.07, 6.45) is 2.24. The fourth-order valence-corrected chi connectivity index (χ4v) is 2.72. The minimum atomic E-state index is -0.181. The van der Waals surface area contributed by atoms with Crippen LogP contribution in [-0.4, -0.2) is 17.1 Å². The first-order valence-corrected chi connectivity index (χ1v) is 7.38. The third kappa shape index (κ3) is 3.14. The molecule has 2 aromatic rings. The van der Waals surface area contributed by atoms with E-state index in [-0.39, 0.29) is 29.1 Å². The number of halogens is 1. The van der Waals surface area contributed by atoms with Gasteiger partial charge in [0.1, 0.15) is 17.4 Å². The zero-order chi connectivity index (χ0) is 15.5. The Kier molecular flexibility index (Phi) is 4.15. The van der Waals surface area contributed by atoms with Gasteiger partial charge in [-0.1, -0.05) is 29.8 Å². The molecule has 22 heavy (non-hydrogen) atoms. The Morgan fingerprint density at radius 2 is 2.18 bits per heavy atom. The molecule has 1 aliphatic rings. The number of aromatic nitrogens is 1. The maximum absolute atomic E-state index is 12.2. The number of carbonyl (C=O) groups excluding carboxylic acids is 1. The minimum absolute atomic E-state index is 0.0681. The van der Waals surface area contributed by atoms with Crippen LogP contribution in [0, 0.1) is 0 Å². The second-order valence-electron chi connectivity index (χ2n) is 5.11. The molecular formula is C16H15ClN2O3. The van der Waals surface area contributed by atoms with Crippen molar-refractivity contribution in [1.29, 1.82) is 0 Å². The standard InChI is InChI=1S/C16H15ClN2O3/c17-15-9-11(20)5-7-19(15)10-16(21)18-13-6-8-22-14-4-2-1-3-12(13)14/h1-5,7,9,13H,6,8,10H2,(H,18,21)/t13-/m0/s1. The Bertz CT molecular complexity index is 757. The summed E-state index contributed by atoms with van der Waals surface area (Å²) in [4.78, 5) is 23.4. The minimum Gasteiger partial charge on any atom is -0.493 e. The van der Waals surface area contributed by atoms with E-state index in [9.17, 15) is 9.59 Å². The zero-order valence-corrected chi connectivity index (χ0v) is 12.5. The summed E-state index contributed by atoms with van der Waals surface area (Å²) in [5, 5.41) is 3.23. The summed E-state index contributed by atoms with van der Waals surface area (Å²) >= 11 is 5.96. The van der Waals surface area contributed by atoms with Crippen LogP contribution in [0.2, 0.25) is 5.15 Å². The van der Waals surface area contributed by atoms with Crippen LogP contribution in [0.1, 0.15) is 18.0 Å². The number of hydrogen-bond donors (Lipinski definition) is 1. The van der Waals surface area contributed by atoms with Gasteiger partial charge in [0.2, 0.25) is 5.91 Å². The molecule has 1 N–H and O–H groups in total. The quantitative estimate of drug-likeness (QED) is 0.882. The first-order chi connectivity index (χ1) is 10.6.